The lowest BCUT2D eigenvalue weighted by molar-refractivity contribution is -0.00115. The van der Waals surface area contributed by atoms with Crippen molar-refractivity contribution >= 4 is 12.1 Å². The number of rotatable bonds is 0. The highest BCUT2D eigenvalue weighted by Crippen LogP contribution is 1.78. The topological polar surface area (TPSA) is 125 Å². The summed E-state index contributed by atoms with van der Waals surface area (Å²) in [7, 11) is 0. The highest BCUT2D eigenvalue weighted by atomic mass is 16.6. The fourth-order valence-electron chi connectivity index (χ4n) is 0.153. The fraction of sp³-hybridized carbons (Fsp3) is 0. The van der Waals surface area contributed by atoms with Gasteiger partial charge in [-0.05, 0) is 0 Å². The lowest BCUT2D eigenvalue weighted by Crippen LogP contribution is -2.39. The fourth-order valence-corrected chi connectivity index (χ4v) is 0.153. The zero-order valence-corrected chi connectivity index (χ0v) is 4.35. The van der Waals surface area contributed by atoms with Crippen LogP contribution in [0.15, 0.2) is 5.10 Å². The van der Waals surface area contributed by atoms with Gasteiger partial charge in [0.05, 0.1) is 0 Å². The Kier molecular flexibility index (Phi) is 2.27. The lowest BCUT2D eigenvalue weighted by Gasteiger charge is -2.05. The molecule has 0 aliphatic rings. The zero-order chi connectivity index (χ0) is 7.44. The molecule has 7 heteroatoms. The van der Waals surface area contributed by atoms with Crippen molar-refractivity contribution in [1.82, 2.24) is 5.06 Å². The van der Waals surface area contributed by atoms with Gasteiger partial charge in [-0.25, -0.2) is 4.79 Å². The van der Waals surface area contributed by atoms with Crippen LogP contribution in [0.4, 0.5) is 4.79 Å². The van der Waals surface area contributed by atoms with Gasteiger partial charge >= 0.3 is 6.09 Å². The molecule has 0 atom stereocenters. The van der Waals surface area contributed by atoms with E-state index >= 15 is 0 Å². The minimum atomic E-state index is -1.64. The summed E-state index contributed by atoms with van der Waals surface area (Å²) in [4.78, 5) is 9.76. The van der Waals surface area contributed by atoms with Gasteiger partial charge in [0.15, 0.2) is 0 Å². The van der Waals surface area contributed by atoms with E-state index in [0.717, 1.165) is 0 Å². The highest BCUT2D eigenvalue weighted by Gasteiger charge is 2.10. The number of nitrogens with zero attached hydrogens (tertiary/aromatic N) is 2. The van der Waals surface area contributed by atoms with Crippen LogP contribution >= 0.6 is 0 Å². The van der Waals surface area contributed by atoms with Gasteiger partial charge in [-0.1, -0.05) is 0 Å². The molecule has 0 saturated heterocycles. The first-order chi connectivity index (χ1) is 4.09. The summed E-state index contributed by atoms with van der Waals surface area (Å²) < 4.78 is 0. The molecule has 0 radical (unpaired) electrons. The summed E-state index contributed by atoms with van der Waals surface area (Å²) in [6, 6.07) is 0. The third-order valence-corrected chi connectivity index (χ3v) is 0.530. The Morgan fingerprint density at radius 3 is 2.22 bits per heavy atom. The average Bonchev–Trinajstić information content (AvgIpc) is 1.84. The predicted octanol–water partition coefficient (Wildman–Crippen LogP) is -1.46. The molecule has 9 heavy (non-hydrogen) atoms. The molecule has 0 aliphatic carbocycles. The molecule has 0 spiro atoms. The molecule has 0 aromatic heterocycles. The summed E-state index contributed by atoms with van der Waals surface area (Å²) in [5.41, 5.74) is 4.74. The van der Waals surface area contributed by atoms with E-state index in [9.17, 15) is 4.79 Å². The molecule has 6 N–H and O–H groups in total. The van der Waals surface area contributed by atoms with Gasteiger partial charge in [0.1, 0.15) is 0 Å². The van der Waals surface area contributed by atoms with Crippen molar-refractivity contribution in [2.75, 3.05) is 0 Å². The van der Waals surface area contributed by atoms with Crippen molar-refractivity contribution in [1.29, 1.82) is 0 Å². The van der Waals surface area contributed by atoms with E-state index in [2.05, 4.69) is 10.9 Å². The molecular formula is C2H6N4O3. The van der Waals surface area contributed by atoms with Crippen LogP contribution < -0.4 is 11.6 Å². The van der Waals surface area contributed by atoms with Gasteiger partial charge in [0.25, 0.3) is 0 Å². The highest BCUT2D eigenvalue weighted by molar-refractivity contribution is 5.90. The van der Waals surface area contributed by atoms with Gasteiger partial charge in [-0.3, -0.25) is 5.21 Å². The van der Waals surface area contributed by atoms with Gasteiger partial charge in [-0.15, -0.1) is 10.2 Å². The van der Waals surface area contributed by atoms with E-state index in [1.807, 2.05) is 0 Å². The molecule has 0 saturated carbocycles. The summed E-state index contributed by atoms with van der Waals surface area (Å²) in [5.74, 6) is 3.83. The summed E-state index contributed by atoms with van der Waals surface area (Å²) in [6.07, 6.45) is -1.64. The van der Waals surface area contributed by atoms with Crippen LogP contribution in [0.5, 0.6) is 0 Å². The lowest BCUT2D eigenvalue weighted by atomic mass is 10.9. The quantitative estimate of drug-likeness (QED) is 0.106. The summed E-state index contributed by atoms with van der Waals surface area (Å²) >= 11 is 0. The van der Waals surface area contributed by atoms with E-state index in [1.54, 1.807) is 0 Å². The zero-order valence-electron chi connectivity index (χ0n) is 4.35. The van der Waals surface area contributed by atoms with Crippen molar-refractivity contribution in [2.45, 2.75) is 0 Å². The first-order valence-corrected chi connectivity index (χ1v) is 1.85. The van der Waals surface area contributed by atoms with Crippen molar-refractivity contribution in [3.63, 3.8) is 0 Å². The molecule has 0 unspecified atom stereocenters. The number of nitrogens with two attached hydrogens (primary N) is 2. The van der Waals surface area contributed by atoms with Crippen molar-refractivity contribution in [2.24, 2.45) is 16.7 Å². The largest absolute Gasteiger partial charge is 0.463 e. The van der Waals surface area contributed by atoms with Crippen LogP contribution in [-0.2, 0) is 0 Å². The molecule has 7 nitrogen and oxygen atoms in total. The van der Waals surface area contributed by atoms with Crippen LogP contribution in [0.25, 0.3) is 0 Å². The summed E-state index contributed by atoms with van der Waals surface area (Å²) in [5, 5.41) is 18.6. The number of hydrazone groups is 1. The number of carboxylic acid groups (broad SMARTS) is 1. The molecule has 52 valence electrons. The molecule has 1 amide bonds. The Hall–Kier alpha value is -1.50. The van der Waals surface area contributed by atoms with Crippen LogP contribution in [0.3, 0.4) is 0 Å². The Morgan fingerprint density at radius 1 is 1.67 bits per heavy atom. The molecule has 0 fully saturated rings. The molecular weight excluding hydrogens is 128 g/mol. The Morgan fingerprint density at radius 2 is 2.11 bits per heavy atom. The number of amides is 1. The second-order valence-electron chi connectivity index (χ2n) is 1.08. The standard InChI is InChI=1S/C2H6N4O3/c3-1(5-4)6(9)2(7)8/h9H,4H2,(H2,3,5)(H,7,8). The first-order valence-electron chi connectivity index (χ1n) is 1.85. The van der Waals surface area contributed by atoms with E-state index in [1.165, 1.54) is 0 Å². The maximum Gasteiger partial charge on any atom is 0.438 e. The van der Waals surface area contributed by atoms with Crippen LogP contribution in [0, 0.1) is 0 Å². The van der Waals surface area contributed by atoms with E-state index in [4.69, 9.17) is 16.0 Å². The van der Waals surface area contributed by atoms with Crippen LogP contribution in [0.1, 0.15) is 0 Å². The number of carbonyl (C=O) groups is 1. The maximum atomic E-state index is 9.76. The molecule has 0 rings (SSSR count). The minimum absolute atomic E-state index is 0.292. The number of hydroxylamine groups is 2. The van der Waals surface area contributed by atoms with Crippen molar-refractivity contribution < 1.29 is 15.1 Å². The van der Waals surface area contributed by atoms with Crippen LogP contribution in [0.2, 0.25) is 0 Å². The van der Waals surface area contributed by atoms with Crippen LogP contribution in [-0.4, -0.2) is 27.4 Å². The molecule has 0 heterocycles. The molecule has 0 aromatic rings. The van der Waals surface area contributed by atoms with Crippen molar-refractivity contribution in [3.8, 4) is 0 Å². The smallest absolute Gasteiger partial charge is 0.438 e. The maximum absolute atomic E-state index is 9.76. The average molecular weight is 134 g/mol. The molecule has 0 aromatic carbocycles. The third-order valence-electron chi connectivity index (χ3n) is 0.530. The van der Waals surface area contributed by atoms with Gasteiger partial charge in [0.2, 0.25) is 5.96 Å². The van der Waals surface area contributed by atoms with E-state index in [0.29, 0.717) is 0 Å². The minimum Gasteiger partial charge on any atom is -0.463 e. The Bertz CT molecular complexity index is 143. The third kappa shape index (κ3) is 1.82. The number of hydrogen-bond donors (Lipinski definition) is 4. The van der Waals surface area contributed by atoms with E-state index in [-0.39, 0.29) is 5.06 Å². The Balaban J connectivity index is 4.04. The second kappa shape index (κ2) is 2.72. The first kappa shape index (κ1) is 7.50. The monoisotopic (exact) mass is 134 g/mol. The number of guanidine groups is 1. The SMILES string of the molecule is NN=C(N)N(O)C(=O)O. The molecule has 0 bridgehead atoms. The number of hydrogen-bond acceptors (Lipinski definition) is 4. The van der Waals surface area contributed by atoms with Gasteiger partial charge in [-0.2, -0.15) is 0 Å². The Labute approximate surface area is 50.1 Å². The normalized spacial score (nSPS) is 11.0. The van der Waals surface area contributed by atoms with Crippen molar-refractivity contribution in [3.05, 3.63) is 0 Å². The van der Waals surface area contributed by atoms with Gasteiger partial charge in [0, 0.05) is 0 Å². The summed E-state index contributed by atoms with van der Waals surface area (Å²) in [6.45, 7) is 0. The van der Waals surface area contributed by atoms with E-state index < -0.39 is 12.1 Å². The second-order valence-corrected chi connectivity index (χ2v) is 1.08. The predicted molar refractivity (Wildman–Crippen MR) is 27.5 cm³/mol. The van der Waals surface area contributed by atoms with Gasteiger partial charge < -0.3 is 16.7 Å². The molecule has 0 aliphatic heterocycles.